The average Bonchev–Trinajstić information content (AvgIpc) is 2.84. The average molecular weight is 255 g/mol. The molecule has 2 aromatic rings. The Balaban J connectivity index is 1.73. The molecule has 0 heterocycles. The Morgan fingerprint density at radius 1 is 1.05 bits per heavy atom. The number of aromatic hydroxyl groups is 2. The topological polar surface area (TPSA) is 52.5 Å². The van der Waals surface area contributed by atoms with E-state index in [4.69, 9.17) is 0 Å². The molecule has 0 fully saturated rings. The molecule has 1 aliphatic rings. The molecule has 0 spiro atoms. The first-order valence-electron chi connectivity index (χ1n) is 6.56. The van der Waals surface area contributed by atoms with Gasteiger partial charge in [-0.25, -0.2) is 0 Å². The molecular weight excluding hydrogens is 238 g/mol. The van der Waals surface area contributed by atoms with Crippen LogP contribution in [0.3, 0.4) is 0 Å². The normalized spacial score (nSPS) is 17.4. The second-order valence-corrected chi connectivity index (χ2v) is 4.96. The number of aryl methyl sites for hydroxylation is 1. The van der Waals surface area contributed by atoms with Crippen LogP contribution in [-0.2, 0) is 13.0 Å². The molecule has 1 unspecified atom stereocenters. The number of rotatable bonds is 3. The lowest BCUT2D eigenvalue weighted by Crippen LogP contribution is -2.18. The van der Waals surface area contributed by atoms with Gasteiger partial charge >= 0.3 is 0 Å². The number of phenols is 2. The molecule has 0 saturated carbocycles. The highest BCUT2D eigenvalue weighted by Crippen LogP contribution is 2.32. The molecule has 3 heteroatoms. The van der Waals surface area contributed by atoms with Crippen LogP contribution >= 0.6 is 0 Å². The van der Waals surface area contributed by atoms with E-state index >= 15 is 0 Å². The van der Waals surface area contributed by atoms with Gasteiger partial charge in [-0.05, 0) is 30.0 Å². The van der Waals surface area contributed by atoms with Gasteiger partial charge in [0.2, 0.25) is 0 Å². The molecular formula is C16H17NO2. The minimum atomic E-state index is -0.0638. The maximum atomic E-state index is 9.78. The van der Waals surface area contributed by atoms with Crippen molar-refractivity contribution in [3.63, 3.8) is 0 Å². The van der Waals surface area contributed by atoms with E-state index in [0.29, 0.717) is 12.6 Å². The minimum Gasteiger partial charge on any atom is -0.504 e. The molecule has 1 atom stereocenters. The molecule has 19 heavy (non-hydrogen) atoms. The molecule has 0 bridgehead atoms. The van der Waals surface area contributed by atoms with E-state index in [1.54, 1.807) is 6.07 Å². The van der Waals surface area contributed by atoms with Crippen LogP contribution < -0.4 is 5.32 Å². The van der Waals surface area contributed by atoms with Crippen molar-refractivity contribution in [2.45, 2.75) is 25.4 Å². The number of fused-ring (bicyclic) bond motifs is 1. The van der Waals surface area contributed by atoms with Crippen molar-refractivity contribution < 1.29 is 10.2 Å². The lowest BCUT2D eigenvalue weighted by atomic mass is 10.1. The number of hydrogen-bond donors (Lipinski definition) is 3. The third-order valence-electron chi connectivity index (χ3n) is 3.77. The van der Waals surface area contributed by atoms with Crippen LogP contribution in [0.2, 0.25) is 0 Å². The first kappa shape index (κ1) is 12.1. The van der Waals surface area contributed by atoms with Crippen molar-refractivity contribution in [2.75, 3.05) is 0 Å². The number of benzene rings is 2. The Hall–Kier alpha value is -2.00. The first-order chi connectivity index (χ1) is 9.25. The van der Waals surface area contributed by atoms with Crippen molar-refractivity contribution in [1.82, 2.24) is 5.32 Å². The summed E-state index contributed by atoms with van der Waals surface area (Å²) >= 11 is 0. The van der Waals surface area contributed by atoms with Crippen molar-refractivity contribution in [2.24, 2.45) is 0 Å². The monoisotopic (exact) mass is 255 g/mol. The smallest absolute Gasteiger partial charge is 0.161 e. The van der Waals surface area contributed by atoms with Gasteiger partial charge in [0.15, 0.2) is 11.5 Å². The van der Waals surface area contributed by atoms with E-state index in [0.717, 1.165) is 18.4 Å². The zero-order valence-electron chi connectivity index (χ0n) is 10.6. The summed E-state index contributed by atoms with van der Waals surface area (Å²) in [6, 6.07) is 13.8. The van der Waals surface area contributed by atoms with Gasteiger partial charge in [-0.15, -0.1) is 0 Å². The molecule has 0 saturated heterocycles. The second kappa shape index (κ2) is 4.94. The maximum absolute atomic E-state index is 9.78. The summed E-state index contributed by atoms with van der Waals surface area (Å²) < 4.78 is 0. The second-order valence-electron chi connectivity index (χ2n) is 4.96. The number of hydrogen-bond acceptors (Lipinski definition) is 3. The standard InChI is InChI=1S/C16H17NO2/c18-15-7-3-5-12(16(15)19)10-17-14-9-8-11-4-1-2-6-13(11)14/h1-7,14,17-19H,8-10H2. The van der Waals surface area contributed by atoms with E-state index in [1.165, 1.54) is 17.2 Å². The molecule has 0 amide bonds. The Kier molecular flexibility index (Phi) is 3.13. The fourth-order valence-electron chi connectivity index (χ4n) is 2.72. The fourth-order valence-corrected chi connectivity index (χ4v) is 2.72. The highest BCUT2D eigenvalue weighted by Gasteiger charge is 2.21. The van der Waals surface area contributed by atoms with Crippen LogP contribution in [0.5, 0.6) is 11.5 Å². The van der Waals surface area contributed by atoms with Crippen LogP contribution in [0.1, 0.15) is 29.2 Å². The Morgan fingerprint density at radius 3 is 2.79 bits per heavy atom. The van der Waals surface area contributed by atoms with Crippen LogP contribution in [0.15, 0.2) is 42.5 Å². The summed E-state index contributed by atoms with van der Waals surface area (Å²) in [5.41, 5.74) is 3.48. The largest absolute Gasteiger partial charge is 0.504 e. The fraction of sp³-hybridized carbons (Fsp3) is 0.250. The van der Waals surface area contributed by atoms with Crippen LogP contribution in [-0.4, -0.2) is 10.2 Å². The van der Waals surface area contributed by atoms with Gasteiger partial charge in [0, 0.05) is 18.2 Å². The van der Waals surface area contributed by atoms with E-state index in [1.807, 2.05) is 6.07 Å². The molecule has 3 N–H and O–H groups in total. The third-order valence-corrected chi connectivity index (χ3v) is 3.77. The SMILES string of the molecule is Oc1cccc(CNC2CCc3ccccc32)c1O. The van der Waals surface area contributed by atoms with E-state index < -0.39 is 0 Å². The van der Waals surface area contributed by atoms with E-state index in [9.17, 15) is 10.2 Å². The summed E-state index contributed by atoms with van der Waals surface area (Å²) in [6.07, 6.45) is 2.18. The van der Waals surface area contributed by atoms with Gasteiger partial charge < -0.3 is 15.5 Å². The van der Waals surface area contributed by atoms with Gasteiger partial charge in [0.25, 0.3) is 0 Å². The van der Waals surface area contributed by atoms with Gasteiger partial charge in [-0.3, -0.25) is 0 Å². The molecule has 0 aliphatic heterocycles. The van der Waals surface area contributed by atoms with Crippen molar-refractivity contribution in [3.05, 3.63) is 59.2 Å². The molecule has 98 valence electrons. The van der Waals surface area contributed by atoms with Gasteiger partial charge in [-0.1, -0.05) is 36.4 Å². The predicted molar refractivity (Wildman–Crippen MR) is 74.1 cm³/mol. The molecule has 3 nitrogen and oxygen atoms in total. The predicted octanol–water partition coefficient (Wildman–Crippen LogP) is 2.87. The third kappa shape index (κ3) is 2.29. The quantitative estimate of drug-likeness (QED) is 0.739. The molecule has 0 radical (unpaired) electrons. The van der Waals surface area contributed by atoms with Gasteiger partial charge in [-0.2, -0.15) is 0 Å². The van der Waals surface area contributed by atoms with Crippen molar-refractivity contribution in [3.8, 4) is 11.5 Å². The number of phenolic OH excluding ortho intramolecular Hbond substituents is 2. The number of nitrogens with one attached hydrogen (secondary N) is 1. The Labute approximate surface area is 112 Å². The Bertz CT molecular complexity index is 595. The van der Waals surface area contributed by atoms with Crippen molar-refractivity contribution in [1.29, 1.82) is 0 Å². The lowest BCUT2D eigenvalue weighted by molar-refractivity contribution is 0.395. The summed E-state index contributed by atoms with van der Waals surface area (Å²) in [5.74, 6) is -0.0904. The molecule has 1 aliphatic carbocycles. The lowest BCUT2D eigenvalue weighted by Gasteiger charge is -2.15. The summed E-state index contributed by atoms with van der Waals surface area (Å²) in [5, 5.41) is 22.7. The van der Waals surface area contributed by atoms with Crippen LogP contribution in [0.4, 0.5) is 0 Å². The molecule has 2 aromatic carbocycles. The highest BCUT2D eigenvalue weighted by atomic mass is 16.3. The van der Waals surface area contributed by atoms with E-state index in [-0.39, 0.29) is 11.5 Å². The maximum Gasteiger partial charge on any atom is 0.161 e. The summed E-state index contributed by atoms with van der Waals surface area (Å²) in [7, 11) is 0. The zero-order valence-corrected chi connectivity index (χ0v) is 10.6. The van der Waals surface area contributed by atoms with E-state index in [2.05, 4.69) is 29.6 Å². The molecule has 3 rings (SSSR count). The highest BCUT2D eigenvalue weighted by molar-refractivity contribution is 5.44. The van der Waals surface area contributed by atoms with Crippen LogP contribution in [0, 0.1) is 0 Å². The first-order valence-corrected chi connectivity index (χ1v) is 6.56. The number of para-hydroxylation sites is 1. The summed E-state index contributed by atoms with van der Waals surface area (Å²) in [6.45, 7) is 0.555. The Morgan fingerprint density at radius 2 is 1.89 bits per heavy atom. The van der Waals surface area contributed by atoms with Crippen molar-refractivity contribution >= 4 is 0 Å². The zero-order chi connectivity index (χ0) is 13.2. The van der Waals surface area contributed by atoms with Gasteiger partial charge in [0.05, 0.1) is 0 Å². The minimum absolute atomic E-state index is 0.0266. The van der Waals surface area contributed by atoms with Crippen LogP contribution in [0.25, 0.3) is 0 Å². The van der Waals surface area contributed by atoms with Gasteiger partial charge in [0.1, 0.15) is 0 Å². The summed E-state index contributed by atoms with van der Waals surface area (Å²) in [4.78, 5) is 0. The molecule has 0 aromatic heterocycles.